The van der Waals surface area contributed by atoms with E-state index < -0.39 is 17.0 Å². The third-order valence-electron chi connectivity index (χ3n) is 11.2. The number of nitrogens with two attached hydrogens (primary N) is 1. The van der Waals surface area contributed by atoms with Gasteiger partial charge in [0.2, 0.25) is 17.7 Å². The van der Waals surface area contributed by atoms with Crippen LogP contribution in [0.4, 0.5) is 0 Å². The summed E-state index contributed by atoms with van der Waals surface area (Å²) in [5.74, 6) is -0.449. The average molecular weight is 660 g/mol. The molecule has 3 rings (SSSR count). The predicted molar refractivity (Wildman–Crippen MR) is 196 cm³/mol. The molecule has 3 amide bonds. The fourth-order valence-electron chi connectivity index (χ4n) is 6.74. The van der Waals surface area contributed by atoms with Crippen molar-refractivity contribution in [2.75, 3.05) is 40.3 Å². The Bertz CT molecular complexity index is 1410. The fourth-order valence-corrected chi connectivity index (χ4v) is 6.74. The summed E-state index contributed by atoms with van der Waals surface area (Å²) < 4.78 is 0. The van der Waals surface area contributed by atoms with Crippen molar-refractivity contribution < 1.29 is 14.4 Å². The highest BCUT2D eigenvalue weighted by molar-refractivity contribution is 5.95. The molecule has 3 atom stereocenters. The maximum absolute atomic E-state index is 14.9. The quantitative estimate of drug-likeness (QED) is 0.299. The molecule has 0 aliphatic carbocycles. The first kappa shape index (κ1) is 39.0. The highest BCUT2D eigenvalue weighted by Crippen LogP contribution is 2.50. The lowest BCUT2D eigenvalue weighted by molar-refractivity contribution is -0.168. The Morgan fingerprint density at radius 1 is 0.833 bits per heavy atom. The van der Waals surface area contributed by atoms with E-state index in [0.717, 1.165) is 25.2 Å². The summed E-state index contributed by atoms with van der Waals surface area (Å²) in [6.45, 7) is 22.1. The van der Waals surface area contributed by atoms with E-state index in [4.69, 9.17) is 5.73 Å². The second-order valence-electron chi connectivity index (χ2n) is 15.7. The minimum absolute atomic E-state index is 0.00201. The molecule has 8 nitrogen and oxygen atoms in total. The van der Waals surface area contributed by atoms with Gasteiger partial charge in [0.25, 0.3) is 0 Å². The van der Waals surface area contributed by atoms with Crippen LogP contribution in [0.25, 0.3) is 0 Å². The van der Waals surface area contributed by atoms with Gasteiger partial charge >= 0.3 is 0 Å². The van der Waals surface area contributed by atoms with Crippen LogP contribution in [0.3, 0.4) is 0 Å². The monoisotopic (exact) mass is 659 g/mol. The molecule has 2 aromatic carbocycles. The van der Waals surface area contributed by atoms with Crippen molar-refractivity contribution in [2.24, 2.45) is 22.5 Å². The number of carbonyl (C=O) groups excluding carboxylic acids is 3. The highest BCUT2D eigenvalue weighted by Gasteiger charge is 2.58. The van der Waals surface area contributed by atoms with Crippen molar-refractivity contribution in [3.8, 4) is 0 Å². The standard InChI is InChI=1S/C40H61N5O3/c1-29(2)34(26-30(3)35(46)45-24-22-44(23-25-45)28-32-20-16-13-17-21-32)42(10)37(48)40(9,39(7,8)38(4,5)6)43(11)36(47)33(41)27-31-18-14-12-15-19-31/h12-21,26,29,33-34H,22-25,27-28,41H2,1-11H3/t33-,34+,40+/m0/s1. The molecule has 0 radical (unpaired) electrons. The van der Waals surface area contributed by atoms with E-state index >= 15 is 0 Å². The maximum Gasteiger partial charge on any atom is 0.249 e. The summed E-state index contributed by atoms with van der Waals surface area (Å²) in [6.07, 6.45) is 2.31. The first-order valence-corrected chi connectivity index (χ1v) is 17.4. The Balaban J connectivity index is 1.85. The molecule has 0 bridgehead atoms. The lowest BCUT2D eigenvalue weighted by atomic mass is 9.57. The molecule has 1 heterocycles. The summed E-state index contributed by atoms with van der Waals surface area (Å²) in [7, 11) is 3.50. The second-order valence-corrected chi connectivity index (χ2v) is 15.7. The molecule has 48 heavy (non-hydrogen) atoms. The molecule has 0 unspecified atom stereocenters. The molecule has 1 saturated heterocycles. The van der Waals surface area contributed by atoms with Gasteiger partial charge in [-0.2, -0.15) is 0 Å². The molecule has 1 fully saturated rings. The summed E-state index contributed by atoms with van der Waals surface area (Å²) in [5.41, 5.74) is 7.12. The Kier molecular flexibility index (Phi) is 12.8. The van der Waals surface area contributed by atoms with Crippen molar-refractivity contribution in [1.29, 1.82) is 0 Å². The molecule has 0 saturated carbocycles. The van der Waals surface area contributed by atoms with Crippen molar-refractivity contribution >= 4 is 17.7 Å². The second kappa shape index (κ2) is 15.8. The van der Waals surface area contributed by atoms with Gasteiger partial charge in [0.05, 0.1) is 12.1 Å². The van der Waals surface area contributed by atoms with Gasteiger partial charge in [-0.25, -0.2) is 0 Å². The van der Waals surface area contributed by atoms with E-state index in [1.165, 1.54) is 5.56 Å². The Morgan fingerprint density at radius 2 is 1.33 bits per heavy atom. The van der Waals surface area contributed by atoms with E-state index in [-0.39, 0.29) is 35.1 Å². The molecule has 1 aliphatic rings. The third kappa shape index (κ3) is 8.56. The Morgan fingerprint density at radius 3 is 1.81 bits per heavy atom. The number of hydrogen-bond acceptors (Lipinski definition) is 5. The van der Waals surface area contributed by atoms with Crippen LogP contribution in [0.2, 0.25) is 0 Å². The van der Waals surface area contributed by atoms with Gasteiger partial charge in [-0.05, 0) is 42.7 Å². The van der Waals surface area contributed by atoms with Gasteiger partial charge in [0.15, 0.2) is 0 Å². The van der Waals surface area contributed by atoms with Crippen LogP contribution in [-0.4, -0.2) is 95.2 Å². The number of carbonyl (C=O) groups is 3. The molecule has 264 valence electrons. The van der Waals surface area contributed by atoms with Crippen LogP contribution < -0.4 is 5.73 Å². The molecule has 8 heteroatoms. The minimum Gasteiger partial charge on any atom is -0.337 e. The topological polar surface area (TPSA) is 90.2 Å². The average Bonchev–Trinajstić information content (AvgIpc) is 3.05. The largest absolute Gasteiger partial charge is 0.337 e. The number of benzene rings is 2. The number of nitrogens with zero attached hydrogens (tertiary/aromatic N) is 4. The number of piperazine rings is 1. The number of likely N-dealkylation sites (N-methyl/N-ethyl adjacent to an activating group) is 2. The van der Waals surface area contributed by atoms with Gasteiger partial charge < -0.3 is 20.4 Å². The SMILES string of the molecule is CC(=C[C@H](C(C)C)N(C)C(=O)[C@@](C)(N(C)C(=O)[C@@H](N)Cc1ccccc1)C(C)(C)C(C)(C)C)C(=O)N1CCN(Cc2ccccc2)CC1. The summed E-state index contributed by atoms with van der Waals surface area (Å²) in [5, 5.41) is 0. The van der Waals surface area contributed by atoms with Gasteiger partial charge in [0, 0.05) is 57.8 Å². The Labute approximate surface area is 290 Å². The lowest BCUT2D eigenvalue weighted by Gasteiger charge is -2.56. The van der Waals surface area contributed by atoms with Gasteiger partial charge in [-0.15, -0.1) is 0 Å². The van der Waals surface area contributed by atoms with Crippen LogP contribution in [0.15, 0.2) is 72.3 Å². The molecule has 2 N–H and O–H groups in total. The van der Waals surface area contributed by atoms with E-state index in [0.29, 0.717) is 25.1 Å². The normalized spacial score (nSPS) is 17.4. The molecular weight excluding hydrogens is 598 g/mol. The van der Waals surface area contributed by atoms with Crippen LogP contribution >= 0.6 is 0 Å². The molecule has 2 aromatic rings. The zero-order valence-electron chi connectivity index (χ0n) is 31.4. The first-order valence-electron chi connectivity index (χ1n) is 17.4. The summed E-state index contributed by atoms with van der Waals surface area (Å²) in [6, 6.07) is 18.9. The van der Waals surface area contributed by atoms with Gasteiger partial charge in [-0.3, -0.25) is 19.3 Å². The van der Waals surface area contributed by atoms with Crippen molar-refractivity contribution in [3.05, 3.63) is 83.4 Å². The van der Waals surface area contributed by atoms with Gasteiger partial charge in [-0.1, -0.05) is 115 Å². The summed E-state index contributed by atoms with van der Waals surface area (Å²) >= 11 is 0. The van der Waals surface area contributed by atoms with E-state index in [9.17, 15) is 14.4 Å². The number of hydrogen-bond donors (Lipinski definition) is 1. The van der Waals surface area contributed by atoms with Crippen LogP contribution in [0.5, 0.6) is 0 Å². The van der Waals surface area contributed by atoms with Crippen LogP contribution in [0, 0.1) is 16.7 Å². The molecule has 0 aromatic heterocycles. The van der Waals surface area contributed by atoms with Crippen LogP contribution in [-0.2, 0) is 27.3 Å². The molecular formula is C40H61N5O3. The van der Waals surface area contributed by atoms with E-state index in [2.05, 4.69) is 77.6 Å². The maximum atomic E-state index is 14.9. The number of amides is 3. The molecule has 1 aliphatic heterocycles. The van der Waals surface area contributed by atoms with Crippen molar-refractivity contribution in [3.63, 3.8) is 0 Å². The van der Waals surface area contributed by atoms with E-state index in [1.807, 2.05) is 61.2 Å². The lowest BCUT2D eigenvalue weighted by Crippen LogP contribution is -2.70. The zero-order chi connectivity index (χ0) is 36.0. The highest BCUT2D eigenvalue weighted by atomic mass is 16.2. The van der Waals surface area contributed by atoms with Gasteiger partial charge in [0.1, 0.15) is 5.54 Å². The third-order valence-corrected chi connectivity index (χ3v) is 11.2. The predicted octanol–water partition coefficient (Wildman–Crippen LogP) is 5.62. The van der Waals surface area contributed by atoms with Crippen molar-refractivity contribution in [2.45, 2.75) is 92.9 Å². The first-order chi connectivity index (χ1) is 22.3. The smallest absolute Gasteiger partial charge is 0.249 e. The zero-order valence-corrected chi connectivity index (χ0v) is 31.4. The number of rotatable bonds is 12. The molecule has 0 spiro atoms. The fraction of sp³-hybridized carbons (Fsp3) is 0.575. The van der Waals surface area contributed by atoms with Crippen LogP contribution in [0.1, 0.15) is 73.4 Å². The Hall–Kier alpha value is -3.49. The van der Waals surface area contributed by atoms with Crippen molar-refractivity contribution in [1.82, 2.24) is 19.6 Å². The van der Waals surface area contributed by atoms with E-state index in [1.54, 1.807) is 23.9 Å². The minimum atomic E-state index is -1.25. The summed E-state index contributed by atoms with van der Waals surface area (Å²) in [4.78, 5) is 50.3.